The Morgan fingerprint density at radius 1 is 1.11 bits per heavy atom. The molecule has 1 aromatic heterocycles. The van der Waals surface area contributed by atoms with Crippen LogP contribution in [0.5, 0.6) is 5.75 Å². The lowest BCUT2D eigenvalue weighted by molar-refractivity contribution is 0.210. The van der Waals surface area contributed by atoms with E-state index in [1.54, 1.807) is 24.3 Å². The maximum atomic E-state index is 13.3. The van der Waals surface area contributed by atoms with Crippen molar-refractivity contribution in [1.82, 2.24) is 8.26 Å². The van der Waals surface area contributed by atoms with Gasteiger partial charge in [0, 0.05) is 13.1 Å². The highest BCUT2D eigenvalue weighted by Gasteiger charge is 2.30. The van der Waals surface area contributed by atoms with Crippen molar-refractivity contribution < 1.29 is 17.9 Å². The Labute approximate surface area is 159 Å². The third-order valence-corrected chi connectivity index (χ3v) is 7.67. The number of halogens is 1. The third-order valence-electron chi connectivity index (χ3n) is 4.68. The Bertz CT molecular complexity index is 1160. The van der Waals surface area contributed by atoms with E-state index in [1.807, 2.05) is 0 Å². The van der Waals surface area contributed by atoms with Gasteiger partial charge in [-0.05, 0) is 43.2 Å². The van der Waals surface area contributed by atoms with E-state index in [0.29, 0.717) is 5.39 Å². The molecule has 142 valence electrons. The first kappa shape index (κ1) is 18.1. The normalized spacial score (nSPS) is 16.8. The summed E-state index contributed by atoms with van der Waals surface area (Å²) >= 11 is 1.13. The predicted octanol–water partition coefficient (Wildman–Crippen LogP) is 2.88. The van der Waals surface area contributed by atoms with Crippen LogP contribution >= 0.6 is 11.5 Å². The summed E-state index contributed by atoms with van der Waals surface area (Å²) in [6, 6.07) is 10.9. The van der Waals surface area contributed by atoms with Crippen molar-refractivity contribution in [3.63, 3.8) is 0 Å². The fourth-order valence-corrected chi connectivity index (χ4v) is 5.68. The molecule has 1 aliphatic heterocycles. The Morgan fingerprint density at radius 2 is 1.81 bits per heavy atom. The number of rotatable bonds is 3. The van der Waals surface area contributed by atoms with Crippen LogP contribution in [0.25, 0.3) is 15.8 Å². The van der Waals surface area contributed by atoms with Crippen LogP contribution in [0.1, 0.15) is 12.8 Å². The molecule has 1 fully saturated rings. The number of piperidine rings is 1. The Hall–Kier alpha value is -2.23. The zero-order valence-corrected chi connectivity index (χ0v) is 15.8. The maximum Gasteiger partial charge on any atom is 0.273 e. The fraction of sp³-hybridized carbons (Fsp3) is 0.278. The number of hydrogen-bond donors (Lipinski definition) is 1. The van der Waals surface area contributed by atoms with Crippen molar-refractivity contribution in [2.45, 2.75) is 23.9 Å². The van der Waals surface area contributed by atoms with Gasteiger partial charge in [0.2, 0.25) is 10.0 Å². The molecular weight excluding hydrogens is 391 g/mol. The van der Waals surface area contributed by atoms with Crippen molar-refractivity contribution in [1.29, 1.82) is 0 Å². The topological polar surface area (TPSA) is 79.6 Å². The van der Waals surface area contributed by atoms with Crippen molar-refractivity contribution in [2.24, 2.45) is 0 Å². The molecule has 0 spiro atoms. The first-order valence-corrected chi connectivity index (χ1v) is 10.7. The summed E-state index contributed by atoms with van der Waals surface area (Å²) in [5.41, 5.74) is -0.207. The monoisotopic (exact) mass is 408 g/mol. The summed E-state index contributed by atoms with van der Waals surface area (Å²) in [4.78, 5) is 12.6. The van der Waals surface area contributed by atoms with Gasteiger partial charge >= 0.3 is 0 Å². The molecule has 1 aliphatic rings. The lowest BCUT2D eigenvalue weighted by Gasteiger charge is -2.28. The summed E-state index contributed by atoms with van der Waals surface area (Å²) in [5.74, 6) is -0.190. The highest BCUT2D eigenvalue weighted by atomic mass is 32.2. The van der Waals surface area contributed by atoms with E-state index in [2.05, 4.69) is 0 Å². The zero-order valence-electron chi connectivity index (χ0n) is 14.2. The van der Waals surface area contributed by atoms with Crippen LogP contribution in [0, 0.1) is 0 Å². The first-order valence-electron chi connectivity index (χ1n) is 8.46. The maximum absolute atomic E-state index is 13.3. The average molecular weight is 408 g/mol. The van der Waals surface area contributed by atoms with E-state index in [4.69, 9.17) is 0 Å². The zero-order chi connectivity index (χ0) is 19.2. The van der Waals surface area contributed by atoms with Crippen LogP contribution in [-0.2, 0) is 10.0 Å². The first-order chi connectivity index (χ1) is 12.9. The smallest absolute Gasteiger partial charge is 0.273 e. The highest BCUT2D eigenvalue weighted by molar-refractivity contribution is 7.89. The summed E-state index contributed by atoms with van der Waals surface area (Å²) in [7, 11) is -3.83. The summed E-state index contributed by atoms with van der Waals surface area (Å²) < 4.78 is 42.4. The van der Waals surface area contributed by atoms with Crippen LogP contribution in [0.4, 0.5) is 4.39 Å². The average Bonchev–Trinajstić information content (AvgIpc) is 2.99. The lowest BCUT2D eigenvalue weighted by atomic mass is 10.1. The molecule has 0 aliphatic carbocycles. The number of sulfonamides is 1. The second-order valence-electron chi connectivity index (χ2n) is 6.42. The minimum Gasteiger partial charge on any atom is -0.506 e. The van der Waals surface area contributed by atoms with Gasteiger partial charge in [-0.25, -0.2) is 16.8 Å². The van der Waals surface area contributed by atoms with Gasteiger partial charge < -0.3 is 5.11 Å². The standard InChI is InChI=1S/C18H17FN2O4S2/c19-12-7-9-20(10-8-12)27(24,25)13-5-6-16(22)15(11-13)21-18(23)14-3-1-2-4-17(14)26-21/h1-6,11-12,22H,7-10H2. The summed E-state index contributed by atoms with van der Waals surface area (Å²) in [6.07, 6.45) is -0.649. The molecule has 0 saturated carbocycles. The third kappa shape index (κ3) is 3.15. The molecule has 1 saturated heterocycles. The molecular formula is C18H17FN2O4S2. The van der Waals surface area contributed by atoms with Gasteiger partial charge in [0.05, 0.1) is 15.0 Å². The number of alkyl halides is 1. The number of aromatic hydroxyl groups is 1. The second-order valence-corrected chi connectivity index (χ2v) is 9.34. The predicted molar refractivity (Wildman–Crippen MR) is 102 cm³/mol. The van der Waals surface area contributed by atoms with Crippen LogP contribution in [0.15, 0.2) is 52.2 Å². The van der Waals surface area contributed by atoms with E-state index in [1.165, 1.54) is 26.5 Å². The fourth-order valence-electron chi connectivity index (χ4n) is 3.17. The van der Waals surface area contributed by atoms with E-state index < -0.39 is 16.2 Å². The molecule has 9 heteroatoms. The van der Waals surface area contributed by atoms with Gasteiger partial charge in [0.25, 0.3) is 5.56 Å². The molecule has 6 nitrogen and oxygen atoms in total. The second kappa shape index (κ2) is 6.74. The molecule has 0 atom stereocenters. The minimum atomic E-state index is -3.83. The summed E-state index contributed by atoms with van der Waals surface area (Å²) in [5, 5.41) is 10.7. The molecule has 0 radical (unpaired) electrons. The van der Waals surface area contributed by atoms with Gasteiger partial charge in [0.15, 0.2) is 0 Å². The molecule has 0 bridgehead atoms. The van der Waals surface area contributed by atoms with E-state index in [-0.39, 0.29) is 47.8 Å². The largest absolute Gasteiger partial charge is 0.506 e. The number of fused-ring (bicyclic) bond motifs is 1. The van der Waals surface area contributed by atoms with E-state index in [9.17, 15) is 22.7 Å². The number of aromatic nitrogens is 1. The lowest BCUT2D eigenvalue weighted by Crippen LogP contribution is -2.39. The van der Waals surface area contributed by atoms with Crippen molar-refractivity contribution in [3.8, 4) is 11.4 Å². The molecule has 4 rings (SSSR count). The van der Waals surface area contributed by atoms with E-state index >= 15 is 0 Å². The van der Waals surface area contributed by atoms with Gasteiger partial charge in [0.1, 0.15) is 17.6 Å². The number of phenolic OH excluding ortho intramolecular Hbond substituents is 1. The van der Waals surface area contributed by atoms with Crippen LogP contribution < -0.4 is 5.56 Å². The number of benzene rings is 2. The van der Waals surface area contributed by atoms with Gasteiger partial charge in [-0.2, -0.15) is 4.31 Å². The van der Waals surface area contributed by atoms with Crippen LogP contribution in [0.2, 0.25) is 0 Å². The summed E-state index contributed by atoms with van der Waals surface area (Å²) in [6.45, 7) is 0.227. The highest BCUT2D eigenvalue weighted by Crippen LogP contribution is 2.30. The number of nitrogens with zero attached hydrogens (tertiary/aromatic N) is 2. The molecule has 1 N–H and O–H groups in total. The number of phenols is 1. The van der Waals surface area contributed by atoms with Crippen molar-refractivity contribution in [3.05, 3.63) is 52.8 Å². The van der Waals surface area contributed by atoms with Gasteiger partial charge in [-0.1, -0.05) is 23.7 Å². The SMILES string of the molecule is O=c1c2ccccc2sn1-c1cc(S(=O)(=O)N2CCC(F)CC2)ccc1O. The Kier molecular flexibility index (Phi) is 4.53. The molecule has 0 unspecified atom stereocenters. The van der Waals surface area contributed by atoms with Gasteiger partial charge in [-0.15, -0.1) is 0 Å². The minimum absolute atomic E-state index is 0.0306. The van der Waals surface area contributed by atoms with Gasteiger partial charge in [-0.3, -0.25) is 4.79 Å². The molecule has 0 amide bonds. The van der Waals surface area contributed by atoms with Crippen LogP contribution in [0.3, 0.4) is 0 Å². The molecule has 27 heavy (non-hydrogen) atoms. The molecule has 3 aromatic rings. The van der Waals surface area contributed by atoms with E-state index in [0.717, 1.165) is 16.2 Å². The molecule has 2 heterocycles. The Morgan fingerprint density at radius 3 is 2.52 bits per heavy atom. The Balaban J connectivity index is 1.80. The quantitative estimate of drug-likeness (QED) is 0.723. The van der Waals surface area contributed by atoms with Crippen LogP contribution in [-0.4, -0.2) is 41.0 Å². The number of hydrogen-bond acceptors (Lipinski definition) is 5. The van der Waals surface area contributed by atoms with Crippen molar-refractivity contribution in [2.75, 3.05) is 13.1 Å². The molecule has 2 aromatic carbocycles. The van der Waals surface area contributed by atoms with Crippen molar-refractivity contribution >= 4 is 31.6 Å².